The van der Waals surface area contributed by atoms with Gasteiger partial charge in [-0.15, -0.1) is 0 Å². The molecule has 1 aliphatic rings. The minimum Gasteiger partial charge on any atom is -0.313 e. The molecule has 0 bridgehead atoms. The van der Waals surface area contributed by atoms with Gasteiger partial charge in [0.15, 0.2) is 0 Å². The molecule has 1 saturated carbocycles. The number of likely N-dealkylation sites (N-methyl/N-ethyl adjacent to an activating group) is 2. The normalized spacial score (nSPS) is 25.0. The van der Waals surface area contributed by atoms with Gasteiger partial charge in [-0.05, 0) is 46.4 Å². The zero-order chi connectivity index (χ0) is 13.4. The lowest BCUT2D eigenvalue weighted by Crippen LogP contribution is -2.53. The van der Waals surface area contributed by atoms with E-state index in [9.17, 15) is 0 Å². The molecule has 1 fully saturated rings. The third-order valence-electron chi connectivity index (χ3n) is 4.01. The van der Waals surface area contributed by atoms with E-state index in [1.807, 2.05) is 0 Å². The Morgan fingerprint density at radius 3 is 2.33 bits per heavy atom. The van der Waals surface area contributed by atoms with Crippen molar-refractivity contribution in [3.63, 3.8) is 0 Å². The second kappa shape index (κ2) is 8.89. The summed E-state index contributed by atoms with van der Waals surface area (Å²) in [7, 11) is 4.35. The van der Waals surface area contributed by atoms with E-state index in [4.69, 9.17) is 0 Å². The number of nitrogens with zero attached hydrogens (tertiary/aromatic N) is 2. The summed E-state index contributed by atoms with van der Waals surface area (Å²) in [6.07, 6.45) is 6.82. The molecule has 0 saturated heterocycles. The van der Waals surface area contributed by atoms with Crippen molar-refractivity contribution in [2.45, 2.75) is 58.0 Å². The first-order valence-corrected chi connectivity index (χ1v) is 7.81. The van der Waals surface area contributed by atoms with E-state index in [1.54, 1.807) is 0 Å². The van der Waals surface area contributed by atoms with Crippen molar-refractivity contribution in [2.75, 3.05) is 40.3 Å². The Kier molecular flexibility index (Phi) is 7.87. The molecule has 0 aromatic heterocycles. The largest absolute Gasteiger partial charge is 0.313 e. The molecule has 0 heterocycles. The van der Waals surface area contributed by atoms with Gasteiger partial charge in [0, 0.05) is 25.2 Å². The topological polar surface area (TPSA) is 18.5 Å². The average molecular weight is 255 g/mol. The predicted octanol–water partition coefficient (Wildman–Crippen LogP) is 2.18. The van der Waals surface area contributed by atoms with Gasteiger partial charge in [0.05, 0.1) is 0 Å². The van der Waals surface area contributed by atoms with E-state index in [0.29, 0.717) is 0 Å². The van der Waals surface area contributed by atoms with Gasteiger partial charge in [-0.1, -0.05) is 26.7 Å². The first-order valence-electron chi connectivity index (χ1n) is 7.81. The molecular formula is C15H33N3. The summed E-state index contributed by atoms with van der Waals surface area (Å²) >= 11 is 0. The third-order valence-corrected chi connectivity index (χ3v) is 4.01. The fourth-order valence-corrected chi connectivity index (χ4v) is 3.11. The summed E-state index contributed by atoms with van der Waals surface area (Å²) in [5.41, 5.74) is 0. The second-order valence-electron chi connectivity index (χ2n) is 5.86. The zero-order valence-electron chi connectivity index (χ0n) is 12.9. The molecule has 0 spiro atoms. The Labute approximate surface area is 114 Å². The zero-order valence-corrected chi connectivity index (χ0v) is 12.9. The molecule has 2 atom stereocenters. The van der Waals surface area contributed by atoms with Gasteiger partial charge < -0.3 is 10.2 Å². The molecule has 3 heteroatoms. The molecule has 0 amide bonds. The second-order valence-corrected chi connectivity index (χ2v) is 5.86. The maximum absolute atomic E-state index is 3.71. The highest BCUT2D eigenvalue weighted by molar-refractivity contribution is 4.88. The fraction of sp³-hybridized carbons (Fsp3) is 1.00. The van der Waals surface area contributed by atoms with E-state index >= 15 is 0 Å². The summed E-state index contributed by atoms with van der Waals surface area (Å²) < 4.78 is 0. The van der Waals surface area contributed by atoms with Crippen molar-refractivity contribution < 1.29 is 0 Å². The van der Waals surface area contributed by atoms with Gasteiger partial charge in [0.25, 0.3) is 0 Å². The van der Waals surface area contributed by atoms with Gasteiger partial charge >= 0.3 is 0 Å². The molecule has 0 aromatic rings. The Morgan fingerprint density at radius 2 is 1.72 bits per heavy atom. The fourth-order valence-electron chi connectivity index (χ4n) is 3.11. The molecule has 1 N–H and O–H groups in total. The van der Waals surface area contributed by atoms with Crippen LogP contribution in [-0.4, -0.2) is 62.2 Å². The van der Waals surface area contributed by atoms with E-state index in [1.165, 1.54) is 51.7 Å². The third kappa shape index (κ3) is 5.25. The lowest BCUT2D eigenvalue weighted by atomic mass is 9.89. The highest BCUT2D eigenvalue weighted by Gasteiger charge is 2.28. The molecule has 1 aliphatic carbocycles. The van der Waals surface area contributed by atoms with Crippen LogP contribution >= 0.6 is 0 Å². The Hall–Kier alpha value is -0.120. The predicted molar refractivity (Wildman–Crippen MR) is 80.1 cm³/mol. The van der Waals surface area contributed by atoms with Crippen molar-refractivity contribution in [2.24, 2.45) is 0 Å². The summed E-state index contributed by atoms with van der Waals surface area (Å²) in [5.74, 6) is 0. The SMILES string of the molecule is CCCN(CCN(C)C)C1CCCCC1NCC. The highest BCUT2D eigenvalue weighted by atomic mass is 15.2. The molecule has 1 rings (SSSR count). The summed E-state index contributed by atoms with van der Waals surface area (Å²) in [6.45, 7) is 9.28. The number of nitrogens with one attached hydrogen (secondary N) is 1. The van der Waals surface area contributed by atoms with Crippen LogP contribution < -0.4 is 5.32 Å². The van der Waals surface area contributed by atoms with Crippen LogP contribution in [0.25, 0.3) is 0 Å². The summed E-state index contributed by atoms with van der Waals surface area (Å²) in [6, 6.07) is 1.48. The van der Waals surface area contributed by atoms with Crippen LogP contribution in [0.15, 0.2) is 0 Å². The monoisotopic (exact) mass is 255 g/mol. The van der Waals surface area contributed by atoms with Crippen LogP contribution in [0, 0.1) is 0 Å². The van der Waals surface area contributed by atoms with Gasteiger partial charge in [0.1, 0.15) is 0 Å². The van der Waals surface area contributed by atoms with Crippen molar-refractivity contribution in [3.8, 4) is 0 Å². The molecule has 0 radical (unpaired) electrons. The van der Waals surface area contributed by atoms with E-state index in [-0.39, 0.29) is 0 Å². The summed E-state index contributed by atoms with van der Waals surface area (Å²) in [5, 5.41) is 3.71. The lowest BCUT2D eigenvalue weighted by molar-refractivity contribution is 0.114. The standard InChI is InChI=1S/C15H33N3/c1-5-11-18(13-12-17(3)4)15-10-8-7-9-14(15)16-6-2/h14-16H,5-13H2,1-4H3. The number of rotatable bonds is 8. The summed E-state index contributed by atoms with van der Waals surface area (Å²) in [4.78, 5) is 5.03. The lowest BCUT2D eigenvalue weighted by Gasteiger charge is -2.40. The Bertz CT molecular complexity index is 204. The molecule has 18 heavy (non-hydrogen) atoms. The minimum atomic E-state index is 0.720. The van der Waals surface area contributed by atoms with E-state index in [0.717, 1.165) is 18.6 Å². The number of hydrogen-bond acceptors (Lipinski definition) is 3. The Morgan fingerprint density at radius 1 is 1.00 bits per heavy atom. The number of hydrogen-bond donors (Lipinski definition) is 1. The smallest absolute Gasteiger partial charge is 0.0249 e. The molecule has 3 nitrogen and oxygen atoms in total. The maximum Gasteiger partial charge on any atom is 0.0249 e. The van der Waals surface area contributed by atoms with Crippen molar-refractivity contribution in [1.29, 1.82) is 0 Å². The van der Waals surface area contributed by atoms with Crippen LogP contribution in [0.5, 0.6) is 0 Å². The van der Waals surface area contributed by atoms with Crippen molar-refractivity contribution in [1.82, 2.24) is 15.1 Å². The van der Waals surface area contributed by atoms with Crippen molar-refractivity contribution >= 4 is 0 Å². The quantitative estimate of drug-likeness (QED) is 0.717. The van der Waals surface area contributed by atoms with Crippen LogP contribution in [0.3, 0.4) is 0 Å². The van der Waals surface area contributed by atoms with Gasteiger partial charge in [0.2, 0.25) is 0 Å². The first-order chi connectivity index (χ1) is 8.69. The van der Waals surface area contributed by atoms with E-state index < -0.39 is 0 Å². The van der Waals surface area contributed by atoms with E-state index in [2.05, 4.69) is 43.1 Å². The van der Waals surface area contributed by atoms with Crippen molar-refractivity contribution in [3.05, 3.63) is 0 Å². The van der Waals surface area contributed by atoms with Gasteiger partial charge in [-0.25, -0.2) is 0 Å². The highest BCUT2D eigenvalue weighted by Crippen LogP contribution is 2.23. The minimum absolute atomic E-state index is 0.720. The molecule has 0 aliphatic heterocycles. The molecule has 2 unspecified atom stereocenters. The Balaban J connectivity index is 2.55. The van der Waals surface area contributed by atoms with Gasteiger partial charge in [-0.2, -0.15) is 0 Å². The van der Waals surface area contributed by atoms with Crippen LogP contribution in [0.1, 0.15) is 46.0 Å². The average Bonchev–Trinajstić information content (AvgIpc) is 2.35. The van der Waals surface area contributed by atoms with Gasteiger partial charge in [-0.3, -0.25) is 4.90 Å². The van der Waals surface area contributed by atoms with Crippen LogP contribution in [0.4, 0.5) is 0 Å². The molecule has 0 aromatic carbocycles. The first kappa shape index (κ1) is 15.9. The van der Waals surface area contributed by atoms with Crippen LogP contribution in [-0.2, 0) is 0 Å². The van der Waals surface area contributed by atoms with Crippen LogP contribution in [0.2, 0.25) is 0 Å². The molecule has 108 valence electrons. The maximum atomic E-state index is 3.71. The molecular weight excluding hydrogens is 222 g/mol.